The van der Waals surface area contributed by atoms with Crippen LogP contribution in [-0.4, -0.2) is 29.3 Å². The maximum atomic E-state index is 9.98. The average molecular weight is 294 g/mol. The third-order valence-electron chi connectivity index (χ3n) is 2.73. The Labute approximate surface area is 122 Å². The molecule has 3 N–H and O–H groups in total. The summed E-state index contributed by atoms with van der Waals surface area (Å²) in [7, 11) is 0. The topological polar surface area (TPSA) is 70.4 Å². The van der Waals surface area contributed by atoms with E-state index in [1.165, 1.54) is 0 Å². The van der Waals surface area contributed by atoms with Crippen LogP contribution in [0.2, 0.25) is 0 Å². The van der Waals surface area contributed by atoms with Crippen molar-refractivity contribution in [1.82, 2.24) is 4.98 Å². The fourth-order valence-corrected chi connectivity index (χ4v) is 2.01. The lowest BCUT2D eigenvalue weighted by atomic mass is 10.2. The molecule has 0 aliphatic rings. The summed E-state index contributed by atoms with van der Waals surface area (Å²) in [6.07, 6.45) is 1.50. The molecule has 1 aromatic carbocycles. The molecule has 0 aliphatic heterocycles. The number of aliphatic hydroxyl groups excluding tert-OH is 1. The van der Waals surface area contributed by atoms with Gasteiger partial charge in [-0.2, -0.15) is 0 Å². The number of nitrogens with one attached hydrogen (secondary N) is 2. The monoisotopic (exact) mass is 294 g/mol. The van der Waals surface area contributed by atoms with Crippen LogP contribution in [0, 0.1) is 4.84 Å². The van der Waals surface area contributed by atoms with Crippen LogP contribution in [0.25, 0.3) is 0 Å². The van der Waals surface area contributed by atoms with Crippen LogP contribution in [0.1, 0.15) is 12.7 Å². The van der Waals surface area contributed by atoms with Gasteiger partial charge in [0.2, 0.25) is 0 Å². The fourth-order valence-electron chi connectivity index (χ4n) is 1.84. The first-order valence-electron chi connectivity index (χ1n) is 6.50. The molecule has 2 rings (SSSR count). The Kier molecular flexibility index (Phi) is 5.20. The zero-order chi connectivity index (χ0) is 14.4. The second-order valence-corrected chi connectivity index (χ2v) is 4.68. The van der Waals surface area contributed by atoms with Crippen molar-refractivity contribution in [3.05, 3.63) is 41.1 Å². The SMILES string of the molecule is CCOc1ccccc1NCC(O)Cc1c[nH]c(=S)o1. The Morgan fingerprint density at radius 2 is 2.25 bits per heavy atom. The van der Waals surface area contributed by atoms with Crippen LogP contribution in [0.15, 0.2) is 34.9 Å². The molecule has 0 saturated heterocycles. The molecular weight excluding hydrogens is 276 g/mol. The summed E-state index contributed by atoms with van der Waals surface area (Å²) in [5.74, 6) is 1.42. The number of hydrogen-bond acceptors (Lipinski definition) is 5. The highest BCUT2D eigenvalue weighted by atomic mass is 32.1. The molecule has 1 heterocycles. The fraction of sp³-hybridized carbons (Fsp3) is 0.357. The van der Waals surface area contributed by atoms with Gasteiger partial charge in [0.15, 0.2) is 0 Å². The number of ether oxygens (including phenoxy) is 1. The van der Waals surface area contributed by atoms with Gasteiger partial charge in [-0.3, -0.25) is 0 Å². The van der Waals surface area contributed by atoms with E-state index in [2.05, 4.69) is 10.3 Å². The van der Waals surface area contributed by atoms with E-state index in [0.717, 1.165) is 11.4 Å². The van der Waals surface area contributed by atoms with Crippen molar-refractivity contribution >= 4 is 17.9 Å². The molecule has 0 spiro atoms. The van der Waals surface area contributed by atoms with E-state index in [4.69, 9.17) is 21.4 Å². The quantitative estimate of drug-likeness (QED) is 0.685. The Bertz CT molecular complexity index is 594. The van der Waals surface area contributed by atoms with Crippen molar-refractivity contribution in [2.24, 2.45) is 0 Å². The Hall–Kier alpha value is -1.79. The molecule has 1 aromatic heterocycles. The smallest absolute Gasteiger partial charge is 0.266 e. The Morgan fingerprint density at radius 1 is 1.45 bits per heavy atom. The van der Waals surface area contributed by atoms with Gasteiger partial charge in [0.25, 0.3) is 4.84 Å². The molecule has 0 aliphatic carbocycles. The minimum absolute atomic E-state index is 0.321. The van der Waals surface area contributed by atoms with Crippen molar-refractivity contribution in [2.45, 2.75) is 19.4 Å². The van der Waals surface area contributed by atoms with E-state index in [-0.39, 0.29) is 0 Å². The summed E-state index contributed by atoms with van der Waals surface area (Å²) >= 11 is 4.84. The molecule has 6 heteroatoms. The zero-order valence-corrected chi connectivity index (χ0v) is 12.1. The average Bonchev–Trinajstić information content (AvgIpc) is 2.83. The predicted octanol–water partition coefficient (Wildman–Crippen LogP) is 2.75. The van der Waals surface area contributed by atoms with E-state index < -0.39 is 6.10 Å². The Morgan fingerprint density at radius 3 is 2.95 bits per heavy atom. The number of aliphatic hydroxyl groups is 1. The number of hydrogen-bond donors (Lipinski definition) is 3. The summed E-state index contributed by atoms with van der Waals surface area (Å²) < 4.78 is 10.7. The van der Waals surface area contributed by atoms with Gasteiger partial charge in [0.1, 0.15) is 11.5 Å². The van der Waals surface area contributed by atoms with Crippen LogP contribution < -0.4 is 10.1 Å². The van der Waals surface area contributed by atoms with Gasteiger partial charge in [-0.1, -0.05) is 12.1 Å². The number of anilines is 1. The first kappa shape index (κ1) is 14.6. The van der Waals surface area contributed by atoms with E-state index >= 15 is 0 Å². The van der Waals surface area contributed by atoms with Crippen molar-refractivity contribution in [3.8, 4) is 5.75 Å². The second-order valence-electron chi connectivity index (χ2n) is 4.31. The van der Waals surface area contributed by atoms with Crippen LogP contribution in [0.3, 0.4) is 0 Å². The highest BCUT2D eigenvalue weighted by Gasteiger charge is 2.09. The van der Waals surface area contributed by atoms with Crippen LogP contribution in [-0.2, 0) is 6.42 Å². The number of H-pyrrole nitrogens is 1. The summed E-state index contributed by atoms with van der Waals surface area (Å²) in [5.41, 5.74) is 0.864. The molecule has 0 saturated carbocycles. The maximum absolute atomic E-state index is 9.98. The van der Waals surface area contributed by atoms with Gasteiger partial charge < -0.3 is 24.6 Å². The predicted molar refractivity (Wildman–Crippen MR) is 79.7 cm³/mol. The van der Waals surface area contributed by atoms with Crippen LogP contribution in [0.4, 0.5) is 5.69 Å². The minimum atomic E-state index is -0.571. The standard InChI is InChI=1S/C14H18N2O3S/c1-2-18-13-6-4-3-5-12(13)15-8-10(17)7-11-9-16-14(20)19-11/h3-6,9-10,15,17H,2,7-8H2,1H3,(H,16,20). The van der Waals surface area contributed by atoms with Crippen molar-refractivity contribution in [2.75, 3.05) is 18.5 Å². The van der Waals surface area contributed by atoms with Gasteiger partial charge in [0.05, 0.1) is 18.4 Å². The number of oxazole rings is 1. The minimum Gasteiger partial charge on any atom is -0.492 e. The lowest BCUT2D eigenvalue weighted by Crippen LogP contribution is -2.21. The van der Waals surface area contributed by atoms with E-state index in [9.17, 15) is 5.11 Å². The molecule has 0 bridgehead atoms. The van der Waals surface area contributed by atoms with Gasteiger partial charge in [-0.25, -0.2) is 0 Å². The molecular formula is C14H18N2O3S. The van der Waals surface area contributed by atoms with E-state index in [0.29, 0.717) is 30.2 Å². The number of benzene rings is 1. The third-order valence-corrected chi connectivity index (χ3v) is 2.93. The van der Waals surface area contributed by atoms with E-state index in [1.807, 2.05) is 31.2 Å². The van der Waals surface area contributed by atoms with Crippen molar-refractivity contribution in [1.29, 1.82) is 0 Å². The molecule has 0 amide bonds. The lowest BCUT2D eigenvalue weighted by Gasteiger charge is -2.14. The maximum Gasteiger partial charge on any atom is 0.266 e. The first-order valence-corrected chi connectivity index (χ1v) is 6.91. The number of aromatic amines is 1. The molecule has 5 nitrogen and oxygen atoms in total. The number of rotatable bonds is 7. The molecule has 2 aromatic rings. The molecule has 0 radical (unpaired) electrons. The van der Waals surface area contributed by atoms with Crippen LogP contribution in [0.5, 0.6) is 5.75 Å². The normalized spacial score (nSPS) is 12.1. The molecule has 1 atom stereocenters. The second kappa shape index (κ2) is 7.12. The molecule has 1 unspecified atom stereocenters. The van der Waals surface area contributed by atoms with Gasteiger partial charge in [-0.15, -0.1) is 0 Å². The third kappa shape index (κ3) is 4.11. The molecule has 20 heavy (non-hydrogen) atoms. The highest BCUT2D eigenvalue weighted by molar-refractivity contribution is 7.71. The molecule has 0 fully saturated rings. The lowest BCUT2D eigenvalue weighted by molar-refractivity contribution is 0.180. The molecule has 108 valence electrons. The first-order chi connectivity index (χ1) is 9.69. The number of para-hydroxylation sites is 2. The number of aromatic nitrogens is 1. The van der Waals surface area contributed by atoms with Crippen molar-refractivity contribution in [3.63, 3.8) is 0 Å². The van der Waals surface area contributed by atoms with E-state index in [1.54, 1.807) is 6.20 Å². The summed E-state index contributed by atoms with van der Waals surface area (Å²) in [4.78, 5) is 3.09. The van der Waals surface area contributed by atoms with Crippen molar-refractivity contribution < 1.29 is 14.3 Å². The van der Waals surface area contributed by atoms with Gasteiger partial charge in [-0.05, 0) is 31.3 Å². The van der Waals surface area contributed by atoms with Gasteiger partial charge >= 0.3 is 0 Å². The summed E-state index contributed by atoms with van der Waals surface area (Å²) in [5, 5.41) is 13.2. The van der Waals surface area contributed by atoms with Crippen LogP contribution >= 0.6 is 12.2 Å². The largest absolute Gasteiger partial charge is 0.492 e. The van der Waals surface area contributed by atoms with Gasteiger partial charge in [0, 0.05) is 19.2 Å². The summed E-state index contributed by atoms with van der Waals surface area (Å²) in [6.45, 7) is 2.94. The summed E-state index contributed by atoms with van der Waals surface area (Å²) in [6, 6.07) is 7.64. The highest BCUT2D eigenvalue weighted by Crippen LogP contribution is 2.23. The zero-order valence-electron chi connectivity index (χ0n) is 11.3. The Balaban J connectivity index is 1.89.